The van der Waals surface area contributed by atoms with Gasteiger partial charge in [0, 0.05) is 19.3 Å². The minimum absolute atomic E-state index is 0.231. The fourth-order valence-electron chi connectivity index (χ4n) is 1.89. The number of rotatable bonds is 7. The largest absolute Gasteiger partial charge is 0.492 e. The van der Waals surface area contributed by atoms with Gasteiger partial charge in [-0.05, 0) is 37.4 Å². The molecule has 110 valence electrons. The zero-order chi connectivity index (χ0) is 15.1. The lowest BCUT2D eigenvalue weighted by atomic mass is 10.2. The maximum absolute atomic E-state index is 10.9. The molecule has 2 rings (SSSR count). The molecule has 0 spiro atoms. The molecule has 1 aromatic heterocycles. The van der Waals surface area contributed by atoms with Crippen molar-refractivity contribution in [2.24, 2.45) is 0 Å². The second kappa shape index (κ2) is 7.40. The smallest absolute Gasteiger partial charge is 0.335 e. The number of pyridine rings is 1. The van der Waals surface area contributed by atoms with Gasteiger partial charge in [-0.15, -0.1) is 0 Å². The van der Waals surface area contributed by atoms with Crippen LogP contribution in [-0.4, -0.2) is 41.2 Å². The van der Waals surface area contributed by atoms with Crippen molar-refractivity contribution in [2.45, 2.75) is 6.54 Å². The van der Waals surface area contributed by atoms with Crippen LogP contribution in [0.4, 0.5) is 0 Å². The third-order valence-electron chi connectivity index (χ3n) is 2.98. The molecule has 0 aliphatic rings. The third kappa shape index (κ3) is 4.89. The van der Waals surface area contributed by atoms with E-state index in [4.69, 9.17) is 9.84 Å². The molecule has 0 unspecified atom stereocenters. The summed E-state index contributed by atoms with van der Waals surface area (Å²) in [5.41, 5.74) is 1.24. The summed E-state index contributed by atoms with van der Waals surface area (Å²) in [7, 11) is 1.99. The fraction of sp³-hybridized carbons (Fsp3) is 0.250. The van der Waals surface area contributed by atoms with E-state index in [-0.39, 0.29) is 5.56 Å². The van der Waals surface area contributed by atoms with Gasteiger partial charge in [-0.2, -0.15) is 0 Å². The van der Waals surface area contributed by atoms with Crippen molar-refractivity contribution in [2.75, 3.05) is 20.2 Å². The number of likely N-dealkylation sites (N-methyl/N-ethyl adjacent to an activating group) is 1. The molecule has 0 radical (unpaired) electrons. The first-order valence-electron chi connectivity index (χ1n) is 6.70. The zero-order valence-electron chi connectivity index (χ0n) is 11.9. The fourth-order valence-corrected chi connectivity index (χ4v) is 1.89. The number of hydrogen-bond donors (Lipinski definition) is 1. The predicted molar refractivity (Wildman–Crippen MR) is 79.5 cm³/mol. The number of carboxylic acids is 1. The van der Waals surface area contributed by atoms with E-state index >= 15 is 0 Å². The van der Waals surface area contributed by atoms with Gasteiger partial charge in [0.1, 0.15) is 12.4 Å². The molecule has 0 saturated heterocycles. The molecule has 1 N–H and O–H groups in total. The summed E-state index contributed by atoms with van der Waals surface area (Å²) in [5.74, 6) is -0.381. The lowest BCUT2D eigenvalue weighted by Gasteiger charge is -2.16. The first kappa shape index (κ1) is 15.0. The van der Waals surface area contributed by atoms with E-state index < -0.39 is 5.97 Å². The van der Waals surface area contributed by atoms with Crippen LogP contribution in [0.25, 0.3) is 0 Å². The van der Waals surface area contributed by atoms with Gasteiger partial charge in [0.2, 0.25) is 0 Å². The molecule has 0 saturated carbocycles. The SMILES string of the molecule is CN(CCOc1cccc(C(=O)O)c1)Cc1ccccn1. The summed E-state index contributed by atoms with van der Waals surface area (Å²) in [4.78, 5) is 17.2. The predicted octanol–water partition coefficient (Wildman–Crippen LogP) is 2.29. The lowest BCUT2D eigenvalue weighted by molar-refractivity contribution is 0.0696. The maximum Gasteiger partial charge on any atom is 0.335 e. The van der Waals surface area contributed by atoms with Crippen LogP contribution in [0.3, 0.4) is 0 Å². The van der Waals surface area contributed by atoms with Crippen LogP contribution >= 0.6 is 0 Å². The number of aromatic nitrogens is 1. The highest BCUT2D eigenvalue weighted by molar-refractivity contribution is 5.87. The second-order valence-corrected chi connectivity index (χ2v) is 4.74. The number of carbonyl (C=O) groups is 1. The van der Waals surface area contributed by atoms with Crippen molar-refractivity contribution in [3.05, 3.63) is 59.9 Å². The Balaban J connectivity index is 1.78. The number of benzene rings is 1. The summed E-state index contributed by atoms with van der Waals surface area (Å²) in [6.07, 6.45) is 1.77. The van der Waals surface area contributed by atoms with Crippen LogP contribution in [0, 0.1) is 0 Å². The van der Waals surface area contributed by atoms with Crippen molar-refractivity contribution in [3.63, 3.8) is 0 Å². The summed E-state index contributed by atoms with van der Waals surface area (Å²) in [6, 6.07) is 12.3. The Hall–Kier alpha value is -2.40. The van der Waals surface area contributed by atoms with Gasteiger partial charge in [-0.3, -0.25) is 9.88 Å². The van der Waals surface area contributed by atoms with Gasteiger partial charge in [0.05, 0.1) is 11.3 Å². The van der Waals surface area contributed by atoms with E-state index in [0.29, 0.717) is 12.4 Å². The van der Waals surface area contributed by atoms with Crippen molar-refractivity contribution in [1.82, 2.24) is 9.88 Å². The monoisotopic (exact) mass is 286 g/mol. The summed E-state index contributed by atoms with van der Waals surface area (Å²) in [6.45, 7) is 1.97. The first-order valence-corrected chi connectivity index (χ1v) is 6.70. The van der Waals surface area contributed by atoms with Gasteiger partial charge in [-0.1, -0.05) is 12.1 Å². The molecule has 5 heteroatoms. The maximum atomic E-state index is 10.9. The second-order valence-electron chi connectivity index (χ2n) is 4.74. The van der Waals surface area contributed by atoms with Crippen LogP contribution in [0.1, 0.15) is 16.1 Å². The van der Waals surface area contributed by atoms with E-state index in [0.717, 1.165) is 18.8 Å². The molecule has 0 atom stereocenters. The van der Waals surface area contributed by atoms with Crippen LogP contribution in [0.2, 0.25) is 0 Å². The summed E-state index contributed by atoms with van der Waals surface area (Å²) in [5, 5.41) is 8.92. The van der Waals surface area contributed by atoms with Crippen LogP contribution < -0.4 is 4.74 Å². The number of ether oxygens (including phenoxy) is 1. The van der Waals surface area contributed by atoms with Crippen molar-refractivity contribution in [3.8, 4) is 5.75 Å². The Kier molecular flexibility index (Phi) is 5.29. The highest BCUT2D eigenvalue weighted by Gasteiger charge is 2.05. The van der Waals surface area contributed by atoms with E-state index in [1.165, 1.54) is 6.07 Å². The minimum atomic E-state index is -0.951. The van der Waals surface area contributed by atoms with Crippen molar-refractivity contribution >= 4 is 5.97 Å². The lowest BCUT2D eigenvalue weighted by Crippen LogP contribution is -2.24. The third-order valence-corrected chi connectivity index (χ3v) is 2.98. The molecule has 5 nitrogen and oxygen atoms in total. The normalized spacial score (nSPS) is 10.6. The Morgan fingerprint density at radius 3 is 2.86 bits per heavy atom. The van der Waals surface area contributed by atoms with Gasteiger partial charge in [0.15, 0.2) is 0 Å². The van der Waals surface area contributed by atoms with Gasteiger partial charge >= 0.3 is 5.97 Å². The zero-order valence-corrected chi connectivity index (χ0v) is 11.9. The van der Waals surface area contributed by atoms with E-state index in [1.807, 2.05) is 25.2 Å². The summed E-state index contributed by atoms with van der Waals surface area (Å²) < 4.78 is 5.58. The molecular weight excluding hydrogens is 268 g/mol. The highest BCUT2D eigenvalue weighted by Crippen LogP contribution is 2.13. The minimum Gasteiger partial charge on any atom is -0.492 e. The molecule has 0 amide bonds. The molecule has 21 heavy (non-hydrogen) atoms. The Morgan fingerprint density at radius 1 is 1.29 bits per heavy atom. The standard InChI is InChI=1S/C16H18N2O3/c1-18(12-14-6-2-3-8-17-14)9-10-21-15-7-4-5-13(11-15)16(19)20/h2-8,11H,9-10,12H2,1H3,(H,19,20). The molecule has 0 fully saturated rings. The topological polar surface area (TPSA) is 62.7 Å². The molecule has 1 aromatic carbocycles. The van der Waals surface area contributed by atoms with Gasteiger partial charge < -0.3 is 9.84 Å². The molecule has 0 aliphatic heterocycles. The molecular formula is C16H18N2O3. The first-order chi connectivity index (χ1) is 10.1. The van der Waals surface area contributed by atoms with Crippen LogP contribution in [-0.2, 0) is 6.54 Å². The van der Waals surface area contributed by atoms with Crippen LogP contribution in [0.5, 0.6) is 5.75 Å². The van der Waals surface area contributed by atoms with E-state index in [2.05, 4.69) is 9.88 Å². The average molecular weight is 286 g/mol. The van der Waals surface area contributed by atoms with E-state index in [1.54, 1.807) is 24.4 Å². The number of hydrogen-bond acceptors (Lipinski definition) is 4. The Morgan fingerprint density at radius 2 is 2.14 bits per heavy atom. The molecule has 0 aliphatic carbocycles. The molecule has 0 bridgehead atoms. The quantitative estimate of drug-likeness (QED) is 0.846. The number of carboxylic acid groups (broad SMARTS) is 1. The molecule has 2 aromatic rings. The van der Waals surface area contributed by atoms with E-state index in [9.17, 15) is 4.79 Å². The summed E-state index contributed by atoms with van der Waals surface area (Å²) >= 11 is 0. The van der Waals surface area contributed by atoms with Crippen LogP contribution in [0.15, 0.2) is 48.7 Å². The van der Waals surface area contributed by atoms with Crippen molar-refractivity contribution < 1.29 is 14.6 Å². The van der Waals surface area contributed by atoms with Crippen molar-refractivity contribution in [1.29, 1.82) is 0 Å². The molecule has 1 heterocycles. The number of aromatic carboxylic acids is 1. The van der Waals surface area contributed by atoms with Gasteiger partial charge in [0.25, 0.3) is 0 Å². The Bertz CT molecular complexity index is 587. The van der Waals surface area contributed by atoms with Gasteiger partial charge in [-0.25, -0.2) is 4.79 Å². The Labute approximate surface area is 123 Å². The number of nitrogens with zero attached hydrogens (tertiary/aromatic N) is 2. The average Bonchev–Trinajstić information content (AvgIpc) is 2.48. The highest BCUT2D eigenvalue weighted by atomic mass is 16.5.